The lowest BCUT2D eigenvalue weighted by Gasteiger charge is -2.35. The Bertz CT molecular complexity index is 658. The molecule has 0 saturated carbocycles. The SMILES string of the molecule is CC(C)CCN(CC(=O)N1CCN(c2ncccn2)CC1)S(C)(=O)=O. The fraction of sp³-hybridized carbons (Fsp3) is 0.688. The van der Waals surface area contributed by atoms with Crippen LogP contribution in [0.5, 0.6) is 0 Å². The molecular weight excluding hydrogens is 342 g/mol. The highest BCUT2D eigenvalue weighted by atomic mass is 32.2. The number of carbonyl (C=O) groups is 1. The Hall–Kier alpha value is -1.74. The van der Waals surface area contributed by atoms with Gasteiger partial charge in [-0.2, -0.15) is 4.31 Å². The average molecular weight is 369 g/mol. The van der Waals surface area contributed by atoms with Crippen LogP contribution < -0.4 is 4.90 Å². The number of carbonyl (C=O) groups excluding carboxylic acids is 1. The minimum Gasteiger partial charge on any atom is -0.338 e. The summed E-state index contributed by atoms with van der Waals surface area (Å²) in [6.45, 7) is 6.72. The van der Waals surface area contributed by atoms with Gasteiger partial charge in [-0.05, 0) is 18.4 Å². The Morgan fingerprint density at radius 1 is 1.20 bits per heavy atom. The van der Waals surface area contributed by atoms with Gasteiger partial charge in [0.2, 0.25) is 21.9 Å². The molecule has 1 amide bonds. The number of hydrogen-bond acceptors (Lipinski definition) is 6. The summed E-state index contributed by atoms with van der Waals surface area (Å²) in [5.74, 6) is 0.890. The molecule has 0 N–H and O–H groups in total. The second kappa shape index (κ2) is 8.57. The number of rotatable bonds is 7. The van der Waals surface area contributed by atoms with Gasteiger partial charge in [0.05, 0.1) is 12.8 Å². The summed E-state index contributed by atoms with van der Waals surface area (Å²) >= 11 is 0. The number of amides is 1. The van der Waals surface area contributed by atoms with Gasteiger partial charge in [-0.15, -0.1) is 0 Å². The van der Waals surface area contributed by atoms with Crippen molar-refractivity contribution < 1.29 is 13.2 Å². The fourth-order valence-corrected chi connectivity index (χ4v) is 3.41. The predicted molar refractivity (Wildman–Crippen MR) is 96.7 cm³/mol. The van der Waals surface area contributed by atoms with E-state index >= 15 is 0 Å². The van der Waals surface area contributed by atoms with Crippen LogP contribution in [0.4, 0.5) is 5.95 Å². The molecule has 1 aliphatic rings. The molecule has 140 valence electrons. The van der Waals surface area contributed by atoms with Crippen LogP contribution >= 0.6 is 0 Å². The van der Waals surface area contributed by atoms with Crippen LogP contribution in [0, 0.1) is 5.92 Å². The van der Waals surface area contributed by atoms with E-state index in [9.17, 15) is 13.2 Å². The molecule has 0 radical (unpaired) electrons. The molecule has 1 saturated heterocycles. The summed E-state index contributed by atoms with van der Waals surface area (Å²) in [6.07, 6.45) is 5.28. The molecule has 0 bridgehead atoms. The Kier molecular flexibility index (Phi) is 6.71. The number of anilines is 1. The molecule has 2 heterocycles. The van der Waals surface area contributed by atoms with Crippen LogP contribution in [-0.4, -0.2) is 79.0 Å². The van der Waals surface area contributed by atoms with Gasteiger partial charge in [-0.25, -0.2) is 18.4 Å². The summed E-state index contributed by atoms with van der Waals surface area (Å²) in [4.78, 5) is 24.7. The van der Waals surface area contributed by atoms with E-state index in [0.717, 1.165) is 12.7 Å². The van der Waals surface area contributed by atoms with Crippen molar-refractivity contribution in [3.8, 4) is 0 Å². The Morgan fingerprint density at radius 2 is 1.80 bits per heavy atom. The monoisotopic (exact) mass is 369 g/mol. The van der Waals surface area contributed by atoms with Crippen LogP contribution in [0.3, 0.4) is 0 Å². The lowest BCUT2D eigenvalue weighted by molar-refractivity contribution is -0.131. The number of hydrogen-bond donors (Lipinski definition) is 0. The molecule has 0 unspecified atom stereocenters. The van der Waals surface area contributed by atoms with Gasteiger partial charge in [0.1, 0.15) is 0 Å². The summed E-state index contributed by atoms with van der Waals surface area (Å²) in [5.41, 5.74) is 0. The number of sulfonamides is 1. The molecule has 1 aromatic heterocycles. The van der Waals surface area contributed by atoms with E-state index < -0.39 is 10.0 Å². The zero-order valence-electron chi connectivity index (χ0n) is 15.1. The van der Waals surface area contributed by atoms with Gasteiger partial charge < -0.3 is 9.80 Å². The first-order chi connectivity index (χ1) is 11.8. The smallest absolute Gasteiger partial charge is 0.238 e. The third-order valence-electron chi connectivity index (χ3n) is 4.20. The lowest BCUT2D eigenvalue weighted by Crippen LogP contribution is -2.52. The van der Waals surface area contributed by atoms with Crippen molar-refractivity contribution >= 4 is 21.9 Å². The molecule has 25 heavy (non-hydrogen) atoms. The van der Waals surface area contributed by atoms with Crippen LogP contribution in [-0.2, 0) is 14.8 Å². The third kappa shape index (κ3) is 5.93. The van der Waals surface area contributed by atoms with Crippen molar-refractivity contribution in [2.24, 2.45) is 5.92 Å². The van der Waals surface area contributed by atoms with Crippen molar-refractivity contribution in [3.63, 3.8) is 0 Å². The molecule has 0 aliphatic carbocycles. The molecule has 1 aliphatic heterocycles. The standard InChI is InChI=1S/C16H27N5O3S/c1-14(2)5-8-21(25(3,23)24)13-15(22)19-9-11-20(12-10-19)16-17-6-4-7-18-16/h4,6-7,14H,5,8-13H2,1-3H3. The van der Waals surface area contributed by atoms with Crippen molar-refractivity contribution in [2.75, 3.05) is 50.4 Å². The number of piperazine rings is 1. The van der Waals surface area contributed by atoms with Gasteiger partial charge in [0.15, 0.2) is 0 Å². The van der Waals surface area contributed by atoms with Crippen molar-refractivity contribution in [3.05, 3.63) is 18.5 Å². The summed E-state index contributed by atoms with van der Waals surface area (Å²) in [6, 6.07) is 1.76. The second-order valence-corrected chi connectivity index (χ2v) is 8.68. The van der Waals surface area contributed by atoms with Gasteiger partial charge in [0.25, 0.3) is 0 Å². The van der Waals surface area contributed by atoms with Crippen LogP contribution in [0.2, 0.25) is 0 Å². The molecule has 1 fully saturated rings. The summed E-state index contributed by atoms with van der Waals surface area (Å²) in [5, 5.41) is 0. The van der Waals surface area contributed by atoms with Crippen LogP contribution in [0.25, 0.3) is 0 Å². The molecule has 0 atom stereocenters. The zero-order valence-corrected chi connectivity index (χ0v) is 15.9. The summed E-state index contributed by atoms with van der Waals surface area (Å²) < 4.78 is 25.1. The normalized spacial score (nSPS) is 15.9. The van der Waals surface area contributed by atoms with Crippen LogP contribution in [0.15, 0.2) is 18.5 Å². The molecule has 0 spiro atoms. The largest absolute Gasteiger partial charge is 0.338 e. The van der Waals surface area contributed by atoms with E-state index in [0.29, 0.717) is 44.6 Å². The lowest BCUT2D eigenvalue weighted by atomic mass is 10.1. The maximum absolute atomic E-state index is 12.5. The fourth-order valence-electron chi connectivity index (χ4n) is 2.63. The van der Waals surface area contributed by atoms with Gasteiger partial charge in [0, 0.05) is 45.1 Å². The van der Waals surface area contributed by atoms with E-state index in [4.69, 9.17) is 0 Å². The second-order valence-electron chi connectivity index (χ2n) is 6.70. The van der Waals surface area contributed by atoms with Gasteiger partial charge in [-0.3, -0.25) is 4.79 Å². The predicted octanol–water partition coefficient (Wildman–Crippen LogP) is 0.433. The minimum absolute atomic E-state index is 0.0899. The molecular formula is C16H27N5O3S. The van der Waals surface area contributed by atoms with Gasteiger partial charge in [-0.1, -0.05) is 13.8 Å². The minimum atomic E-state index is -3.39. The molecule has 1 aromatic rings. The topological polar surface area (TPSA) is 86.7 Å². The maximum Gasteiger partial charge on any atom is 0.238 e. The van der Waals surface area contributed by atoms with E-state index in [1.807, 2.05) is 18.7 Å². The highest BCUT2D eigenvalue weighted by Gasteiger charge is 2.26. The van der Waals surface area contributed by atoms with Crippen molar-refractivity contribution in [1.82, 2.24) is 19.2 Å². The average Bonchev–Trinajstić information content (AvgIpc) is 2.58. The summed E-state index contributed by atoms with van der Waals surface area (Å²) in [7, 11) is -3.39. The maximum atomic E-state index is 12.5. The Morgan fingerprint density at radius 3 is 2.32 bits per heavy atom. The first kappa shape index (κ1) is 19.6. The molecule has 9 heteroatoms. The quantitative estimate of drug-likeness (QED) is 0.693. The van der Waals surface area contributed by atoms with E-state index in [1.54, 1.807) is 23.4 Å². The van der Waals surface area contributed by atoms with Crippen molar-refractivity contribution in [1.29, 1.82) is 0 Å². The zero-order chi connectivity index (χ0) is 18.4. The van der Waals surface area contributed by atoms with E-state index in [-0.39, 0.29) is 12.5 Å². The first-order valence-corrected chi connectivity index (χ1v) is 10.4. The van der Waals surface area contributed by atoms with Crippen molar-refractivity contribution in [2.45, 2.75) is 20.3 Å². The number of nitrogens with zero attached hydrogens (tertiary/aromatic N) is 5. The molecule has 2 rings (SSSR count). The highest BCUT2D eigenvalue weighted by Crippen LogP contribution is 2.11. The molecule has 0 aromatic carbocycles. The van der Waals surface area contributed by atoms with E-state index in [2.05, 4.69) is 9.97 Å². The Balaban J connectivity index is 1.90. The number of aromatic nitrogens is 2. The first-order valence-electron chi connectivity index (χ1n) is 8.52. The molecule has 8 nitrogen and oxygen atoms in total. The van der Waals surface area contributed by atoms with E-state index in [1.165, 1.54) is 4.31 Å². The highest BCUT2D eigenvalue weighted by molar-refractivity contribution is 7.88. The van der Waals surface area contributed by atoms with Gasteiger partial charge >= 0.3 is 0 Å². The third-order valence-corrected chi connectivity index (χ3v) is 5.45. The van der Waals surface area contributed by atoms with Crippen LogP contribution in [0.1, 0.15) is 20.3 Å². The Labute approximate surface area is 149 Å².